The number of benzene rings is 3. The van der Waals surface area contributed by atoms with E-state index in [2.05, 4.69) is 37.2 Å². The Morgan fingerprint density at radius 2 is 1.74 bits per heavy atom. The van der Waals surface area contributed by atoms with Crippen LogP contribution < -0.4 is 10.1 Å². The van der Waals surface area contributed by atoms with Crippen LogP contribution in [0.5, 0.6) is 5.75 Å². The highest BCUT2D eigenvalue weighted by molar-refractivity contribution is 9.11. The number of ether oxygens (including phenoxy) is 1. The van der Waals surface area contributed by atoms with Crippen molar-refractivity contribution in [2.45, 2.75) is 6.42 Å². The summed E-state index contributed by atoms with van der Waals surface area (Å²) in [6, 6.07) is 15.3. The number of nitro benzene ring substituents is 1. The third kappa shape index (κ3) is 5.90. The van der Waals surface area contributed by atoms with Gasteiger partial charge in [-0.15, -0.1) is 0 Å². The van der Waals surface area contributed by atoms with Crippen LogP contribution in [0.2, 0.25) is 5.02 Å². The monoisotopic (exact) mass is 566 g/mol. The average Bonchev–Trinajstić information content (AvgIpc) is 2.71. The summed E-state index contributed by atoms with van der Waals surface area (Å²) >= 11 is 12.5. The molecule has 0 unspecified atom stereocenters. The van der Waals surface area contributed by atoms with Crippen molar-refractivity contribution < 1.29 is 19.2 Å². The lowest BCUT2D eigenvalue weighted by atomic mass is 10.1. The number of nitrogens with zero attached hydrogens (tertiary/aromatic N) is 1. The molecule has 1 amide bonds. The van der Waals surface area contributed by atoms with Crippen molar-refractivity contribution in [1.82, 2.24) is 0 Å². The van der Waals surface area contributed by atoms with Gasteiger partial charge in [0.25, 0.3) is 5.69 Å². The average molecular weight is 569 g/mol. The number of hydrogen-bond acceptors (Lipinski definition) is 5. The highest BCUT2D eigenvalue weighted by Gasteiger charge is 2.20. The van der Waals surface area contributed by atoms with E-state index in [9.17, 15) is 19.7 Å². The van der Waals surface area contributed by atoms with Gasteiger partial charge in [0.2, 0.25) is 5.91 Å². The van der Waals surface area contributed by atoms with E-state index in [-0.39, 0.29) is 29.1 Å². The molecule has 0 aliphatic heterocycles. The smallest absolute Gasteiger partial charge is 0.343 e. The lowest BCUT2D eigenvalue weighted by molar-refractivity contribution is -0.383. The number of halogens is 3. The van der Waals surface area contributed by atoms with Gasteiger partial charge in [-0.25, -0.2) is 4.79 Å². The fraction of sp³-hybridized carbons (Fsp3) is 0.0476. The van der Waals surface area contributed by atoms with Crippen molar-refractivity contribution in [1.29, 1.82) is 0 Å². The molecule has 0 heterocycles. The van der Waals surface area contributed by atoms with E-state index in [0.717, 1.165) is 0 Å². The number of carbonyl (C=O) groups is 2. The zero-order valence-corrected chi connectivity index (χ0v) is 19.5. The van der Waals surface area contributed by atoms with Crippen molar-refractivity contribution >= 4 is 66.7 Å². The Labute approximate surface area is 198 Å². The first kappa shape index (κ1) is 22.9. The molecule has 0 aromatic heterocycles. The van der Waals surface area contributed by atoms with Crippen LogP contribution in [-0.4, -0.2) is 16.8 Å². The Bertz CT molecular complexity index is 1170. The third-order valence-corrected chi connectivity index (χ3v) is 5.38. The summed E-state index contributed by atoms with van der Waals surface area (Å²) in [4.78, 5) is 35.7. The number of nitrogens with one attached hydrogen (secondary N) is 1. The SMILES string of the molecule is O=C(Cc1cc(Br)cc(Br)c1OC(=O)c1ccc(Cl)cc1)Nc1ccccc1[N+](=O)[O-]. The van der Waals surface area contributed by atoms with Crippen LogP contribution in [-0.2, 0) is 11.2 Å². The molecule has 158 valence electrons. The van der Waals surface area contributed by atoms with Crippen LogP contribution in [0.4, 0.5) is 11.4 Å². The van der Waals surface area contributed by atoms with Crippen LogP contribution in [0, 0.1) is 10.1 Å². The summed E-state index contributed by atoms with van der Waals surface area (Å²) in [6.45, 7) is 0. The van der Waals surface area contributed by atoms with Crippen molar-refractivity contribution in [3.63, 3.8) is 0 Å². The fourth-order valence-electron chi connectivity index (χ4n) is 2.70. The predicted molar refractivity (Wildman–Crippen MR) is 124 cm³/mol. The second-order valence-corrected chi connectivity index (χ2v) is 8.48. The molecular formula is C21H13Br2ClN2O5. The van der Waals surface area contributed by atoms with Crippen LogP contribution in [0.15, 0.2) is 69.6 Å². The second-order valence-electron chi connectivity index (χ2n) is 6.27. The summed E-state index contributed by atoms with van der Waals surface area (Å²) in [5.74, 6) is -0.969. The van der Waals surface area contributed by atoms with Gasteiger partial charge in [0.15, 0.2) is 0 Å². The van der Waals surface area contributed by atoms with Gasteiger partial charge in [0, 0.05) is 21.1 Å². The molecule has 0 spiro atoms. The Kier molecular flexibility index (Phi) is 7.42. The number of amides is 1. The van der Waals surface area contributed by atoms with Gasteiger partial charge >= 0.3 is 5.97 Å². The van der Waals surface area contributed by atoms with Crippen LogP contribution in [0.1, 0.15) is 15.9 Å². The number of nitro groups is 1. The lowest BCUT2D eigenvalue weighted by Crippen LogP contribution is -2.17. The van der Waals surface area contributed by atoms with E-state index in [4.69, 9.17) is 16.3 Å². The van der Waals surface area contributed by atoms with E-state index in [0.29, 0.717) is 19.5 Å². The van der Waals surface area contributed by atoms with Crippen molar-refractivity contribution in [3.8, 4) is 5.75 Å². The van der Waals surface area contributed by atoms with Crippen molar-refractivity contribution in [3.05, 3.63) is 95.9 Å². The Morgan fingerprint density at radius 1 is 1.06 bits per heavy atom. The third-order valence-electron chi connectivity index (χ3n) is 4.09. The zero-order chi connectivity index (χ0) is 22.5. The van der Waals surface area contributed by atoms with Gasteiger partial charge in [-0.2, -0.15) is 0 Å². The number of anilines is 1. The fourth-order valence-corrected chi connectivity index (χ4v) is 4.22. The van der Waals surface area contributed by atoms with Crippen molar-refractivity contribution in [2.24, 2.45) is 0 Å². The maximum atomic E-state index is 12.6. The highest BCUT2D eigenvalue weighted by atomic mass is 79.9. The van der Waals surface area contributed by atoms with Crippen molar-refractivity contribution in [2.75, 3.05) is 5.32 Å². The molecule has 3 aromatic carbocycles. The molecule has 0 bridgehead atoms. The molecule has 0 aliphatic carbocycles. The molecule has 0 fully saturated rings. The maximum Gasteiger partial charge on any atom is 0.343 e. The molecule has 7 nitrogen and oxygen atoms in total. The minimum atomic E-state index is -0.625. The minimum Gasteiger partial charge on any atom is -0.421 e. The quantitative estimate of drug-likeness (QED) is 0.166. The molecule has 3 rings (SSSR count). The molecule has 0 saturated carbocycles. The van der Waals surface area contributed by atoms with E-state index >= 15 is 0 Å². The minimum absolute atomic E-state index is 0.0753. The van der Waals surface area contributed by atoms with Gasteiger partial charge in [-0.3, -0.25) is 14.9 Å². The molecule has 1 N–H and O–H groups in total. The maximum absolute atomic E-state index is 12.6. The van der Waals surface area contributed by atoms with E-state index < -0.39 is 16.8 Å². The van der Waals surface area contributed by atoms with Crippen LogP contribution in [0.25, 0.3) is 0 Å². The number of rotatable bonds is 6. The number of esters is 1. The molecule has 0 saturated heterocycles. The van der Waals surface area contributed by atoms with E-state index in [1.807, 2.05) is 0 Å². The number of carbonyl (C=O) groups excluding carboxylic acids is 2. The Morgan fingerprint density at radius 3 is 2.42 bits per heavy atom. The van der Waals surface area contributed by atoms with E-state index in [1.165, 1.54) is 30.3 Å². The summed E-state index contributed by atoms with van der Waals surface area (Å²) in [5.41, 5.74) is 0.543. The summed E-state index contributed by atoms with van der Waals surface area (Å²) < 4.78 is 6.64. The standard InChI is InChI=1S/C21H13Br2ClN2O5/c22-14-9-13(10-19(27)25-17-3-1-2-4-18(17)26(29)30)20(16(23)11-14)31-21(28)12-5-7-15(24)8-6-12/h1-9,11H,10H2,(H,25,27). The molecule has 0 radical (unpaired) electrons. The molecule has 3 aromatic rings. The van der Waals surface area contributed by atoms with Crippen LogP contribution >= 0.6 is 43.5 Å². The topological polar surface area (TPSA) is 98.5 Å². The lowest BCUT2D eigenvalue weighted by Gasteiger charge is -2.13. The second kappa shape index (κ2) is 10.0. The van der Waals surface area contributed by atoms with Gasteiger partial charge in [0.05, 0.1) is 21.4 Å². The molecule has 0 atom stereocenters. The Balaban J connectivity index is 1.84. The molecule has 10 heteroatoms. The molecular weight excluding hydrogens is 556 g/mol. The first-order valence-corrected chi connectivity index (χ1v) is 10.7. The largest absolute Gasteiger partial charge is 0.421 e. The molecule has 31 heavy (non-hydrogen) atoms. The predicted octanol–water partition coefficient (Wildman–Crippen LogP) is 6.17. The Hall–Kier alpha value is -2.75. The molecule has 0 aliphatic rings. The number of hydrogen-bond donors (Lipinski definition) is 1. The highest BCUT2D eigenvalue weighted by Crippen LogP contribution is 2.34. The zero-order valence-electron chi connectivity index (χ0n) is 15.6. The van der Waals surface area contributed by atoms with E-state index in [1.54, 1.807) is 30.3 Å². The van der Waals surface area contributed by atoms with Gasteiger partial charge in [-0.05, 0) is 58.4 Å². The van der Waals surface area contributed by atoms with Gasteiger partial charge in [0.1, 0.15) is 11.4 Å². The summed E-state index contributed by atoms with van der Waals surface area (Å²) in [7, 11) is 0. The van der Waals surface area contributed by atoms with Gasteiger partial charge in [-0.1, -0.05) is 39.7 Å². The van der Waals surface area contributed by atoms with Gasteiger partial charge < -0.3 is 10.1 Å². The van der Waals surface area contributed by atoms with Crippen LogP contribution in [0.3, 0.4) is 0 Å². The normalized spacial score (nSPS) is 10.4. The summed E-state index contributed by atoms with van der Waals surface area (Å²) in [5, 5.41) is 14.2. The first-order valence-electron chi connectivity index (χ1n) is 8.73. The summed E-state index contributed by atoms with van der Waals surface area (Å²) in [6.07, 6.45) is -0.187. The first-order chi connectivity index (χ1) is 14.7. The number of para-hydroxylation sites is 2.